The van der Waals surface area contributed by atoms with Crippen LogP contribution in [-0.2, 0) is 4.79 Å². The summed E-state index contributed by atoms with van der Waals surface area (Å²) in [6.07, 6.45) is 9.55. The van der Waals surface area contributed by atoms with Crippen LogP contribution in [0.2, 0.25) is 0 Å². The molecule has 4 heteroatoms. The Morgan fingerprint density at radius 2 is 2.18 bits per heavy atom. The quantitative estimate of drug-likeness (QED) is 0.768. The van der Waals surface area contributed by atoms with Gasteiger partial charge in [-0.25, -0.2) is 0 Å². The molecule has 3 atom stereocenters. The van der Waals surface area contributed by atoms with Gasteiger partial charge in [-0.1, -0.05) is 12.8 Å². The summed E-state index contributed by atoms with van der Waals surface area (Å²) in [4.78, 5) is 11.8. The first-order chi connectivity index (χ1) is 8.13. The summed E-state index contributed by atoms with van der Waals surface area (Å²) in [5.41, 5.74) is 5.67. The first-order valence-corrected chi connectivity index (χ1v) is 8.00. The highest BCUT2D eigenvalue weighted by Gasteiger charge is 2.25. The lowest BCUT2D eigenvalue weighted by molar-refractivity contribution is -0.122. The van der Waals surface area contributed by atoms with E-state index in [1.54, 1.807) is 0 Å². The van der Waals surface area contributed by atoms with E-state index in [0.29, 0.717) is 17.7 Å². The van der Waals surface area contributed by atoms with Crippen LogP contribution < -0.4 is 11.1 Å². The Morgan fingerprint density at radius 1 is 1.47 bits per heavy atom. The minimum absolute atomic E-state index is 0.205. The number of hydrogen-bond donors (Lipinski definition) is 2. The molecular weight excluding hydrogens is 232 g/mol. The Labute approximate surface area is 109 Å². The second-order valence-electron chi connectivity index (χ2n) is 5.10. The van der Waals surface area contributed by atoms with E-state index < -0.39 is 0 Å². The second kappa shape index (κ2) is 7.98. The summed E-state index contributed by atoms with van der Waals surface area (Å²) in [5.74, 6) is 0.205. The number of amides is 1. The van der Waals surface area contributed by atoms with Crippen LogP contribution in [-0.4, -0.2) is 29.5 Å². The fraction of sp³-hybridized carbons (Fsp3) is 0.923. The van der Waals surface area contributed by atoms with E-state index in [1.807, 2.05) is 18.7 Å². The number of thioether (sulfide) groups is 1. The van der Waals surface area contributed by atoms with Crippen molar-refractivity contribution in [2.24, 2.45) is 5.73 Å². The molecule has 100 valence electrons. The molecule has 17 heavy (non-hydrogen) atoms. The van der Waals surface area contributed by atoms with Gasteiger partial charge in [-0.3, -0.25) is 4.79 Å². The molecule has 3 N–H and O–H groups in total. The summed E-state index contributed by atoms with van der Waals surface area (Å²) >= 11 is 1.89. The summed E-state index contributed by atoms with van der Waals surface area (Å²) in [5, 5.41) is 3.81. The average molecular weight is 258 g/mol. The Morgan fingerprint density at radius 3 is 2.82 bits per heavy atom. The third-order valence-electron chi connectivity index (χ3n) is 3.41. The molecule has 1 rings (SSSR count). The Balaban J connectivity index is 2.24. The average Bonchev–Trinajstić information content (AvgIpc) is 2.29. The Kier molecular flexibility index (Phi) is 6.97. The molecule has 0 aromatic rings. The van der Waals surface area contributed by atoms with Gasteiger partial charge in [0.05, 0.1) is 0 Å². The Hall–Kier alpha value is -0.220. The van der Waals surface area contributed by atoms with Gasteiger partial charge in [0, 0.05) is 23.8 Å². The molecule has 3 nitrogen and oxygen atoms in total. The van der Waals surface area contributed by atoms with Gasteiger partial charge in [-0.2, -0.15) is 11.8 Å². The van der Waals surface area contributed by atoms with E-state index in [-0.39, 0.29) is 11.9 Å². The van der Waals surface area contributed by atoms with Crippen LogP contribution in [0.3, 0.4) is 0 Å². The zero-order valence-electron chi connectivity index (χ0n) is 11.1. The van der Waals surface area contributed by atoms with Crippen LogP contribution in [0.4, 0.5) is 0 Å². The number of carbonyl (C=O) groups excluding carboxylic acids is 1. The van der Waals surface area contributed by atoms with E-state index in [9.17, 15) is 4.79 Å². The number of nitrogens with two attached hydrogens (primary N) is 1. The standard InChI is InChI=1S/C13H26N2OS/c1-10(14)6-5-9-13(16)15-11-7-3-4-8-12(11)17-2/h10-12H,3-9,14H2,1-2H3,(H,15,16). The summed E-state index contributed by atoms with van der Waals surface area (Å²) in [6.45, 7) is 1.99. The van der Waals surface area contributed by atoms with E-state index in [4.69, 9.17) is 5.73 Å². The molecule has 0 aromatic carbocycles. The summed E-state index contributed by atoms with van der Waals surface area (Å²) in [7, 11) is 0. The second-order valence-corrected chi connectivity index (χ2v) is 6.18. The highest BCUT2D eigenvalue weighted by molar-refractivity contribution is 7.99. The molecule has 0 bridgehead atoms. The van der Waals surface area contributed by atoms with Crippen molar-refractivity contribution in [2.75, 3.05) is 6.26 Å². The maximum Gasteiger partial charge on any atom is 0.220 e. The fourth-order valence-electron chi connectivity index (χ4n) is 2.41. The fourth-order valence-corrected chi connectivity index (χ4v) is 3.34. The van der Waals surface area contributed by atoms with E-state index in [1.165, 1.54) is 19.3 Å². The first kappa shape index (κ1) is 14.8. The smallest absolute Gasteiger partial charge is 0.220 e. The van der Waals surface area contributed by atoms with Gasteiger partial charge in [0.1, 0.15) is 0 Å². The molecule has 1 amide bonds. The maximum absolute atomic E-state index is 11.8. The van der Waals surface area contributed by atoms with Gasteiger partial charge in [0.2, 0.25) is 5.91 Å². The van der Waals surface area contributed by atoms with Gasteiger partial charge in [0.25, 0.3) is 0 Å². The van der Waals surface area contributed by atoms with E-state index in [2.05, 4.69) is 11.6 Å². The molecule has 0 spiro atoms. The van der Waals surface area contributed by atoms with Crippen molar-refractivity contribution in [1.82, 2.24) is 5.32 Å². The highest BCUT2D eigenvalue weighted by Crippen LogP contribution is 2.27. The number of nitrogens with one attached hydrogen (secondary N) is 1. The largest absolute Gasteiger partial charge is 0.352 e. The third kappa shape index (κ3) is 5.77. The van der Waals surface area contributed by atoms with Crippen LogP contribution in [0.25, 0.3) is 0 Å². The lowest BCUT2D eigenvalue weighted by Gasteiger charge is -2.31. The number of rotatable bonds is 6. The SMILES string of the molecule is CSC1CCCCC1NC(=O)CCCC(C)N. The van der Waals surface area contributed by atoms with Crippen molar-refractivity contribution >= 4 is 17.7 Å². The van der Waals surface area contributed by atoms with Crippen molar-refractivity contribution in [3.63, 3.8) is 0 Å². The summed E-state index contributed by atoms with van der Waals surface area (Å²) < 4.78 is 0. The van der Waals surface area contributed by atoms with Crippen molar-refractivity contribution < 1.29 is 4.79 Å². The molecule has 0 radical (unpaired) electrons. The molecule has 1 fully saturated rings. The van der Waals surface area contributed by atoms with Crippen LogP contribution in [0.5, 0.6) is 0 Å². The molecule has 1 saturated carbocycles. The van der Waals surface area contributed by atoms with Gasteiger partial charge in [0.15, 0.2) is 0 Å². The minimum atomic E-state index is 0.205. The predicted octanol–water partition coefficient (Wildman–Crippen LogP) is 2.29. The number of carbonyl (C=O) groups is 1. The van der Waals surface area contributed by atoms with Crippen molar-refractivity contribution in [2.45, 2.75) is 69.2 Å². The first-order valence-electron chi connectivity index (χ1n) is 6.71. The molecule has 0 saturated heterocycles. The van der Waals surface area contributed by atoms with Gasteiger partial charge in [-0.15, -0.1) is 0 Å². The molecule has 3 unspecified atom stereocenters. The molecule has 0 heterocycles. The van der Waals surface area contributed by atoms with E-state index in [0.717, 1.165) is 19.3 Å². The van der Waals surface area contributed by atoms with Gasteiger partial charge in [-0.05, 0) is 38.9 Å². The zero-order valence-corrected chi connectivity index (χ0v) is 11.9. The topological polar surface area (TPSA) is 55.1 Å². The molecule has 1 aliphatic rings. The molecule has 1 aliphatic carbocycles. The summed E-state index contributed by atoms with van der Waals surface area (Å²) in [6, 6.07) is 0.595. The van der Waals surface area contributed by atoms with Crippen LogP contribution in [0.15, 0.2) is 0 Å². The monoisotopic (exact) mass is 258 g/mol. The van der Waals surface area contributed by atoms with E-state index >= 15 is 0 Å². The highest BCUT2D eigenvalue weighted by atomic mass is 32.2. The van der Waals surface area contributed by atoms with Crippen molar-refractivity contribution in [3.8, 4) is 0 Å². The molecule has 0 aliphatic heterocycles. The predicted molar refractivity (Wildman–Crippen MR) is 75.2 cm³/mol. The third-order valence-corrected chi connectivity index (χ3v) is 4.58. The Bertz CT molecular complexity index is 233. The van der Waals surface area contributed by atoms with Crippen LogP contribution in [0.1, 0.15) is 51.9 Å². The normalized spacial score (nSPS) is 26.5. The van der Waals surface area contributed by atoms with Crippen LogP contribution in [0, 0.1) is 0 Å². The lowest BCUT2D eigenvalue weighted by Crippen LogP contribution is -2.43. The number of hydrogen-bond acceptors (Lipinski definition) is 3. The molecule has 0 aromatic heterocycles. The maximum atomic E-state index is 11.8. The lowest BCUT2D eigenvalue weighted by atomic mass is 9.94. The molecular formula is C13H26N2OS. The van der Waals surface area contributed by atoms with Crippen molar-refractivity contribution in [1.29, 1.82) is 0 Å². The van der Waals surface area contributed by atoms with Gasteiger partial charge < -0.3 is 11.1 Å². The zero-order chi connectivity index (χ0) is 12.7. The minimum Gasteiger partial charge on any atom is -0.352 e. The van der Waals surface area contributed by atoms with Gasteiger partial charge >= 0.3 is 0 Å². The van der Waals surface area contributed by atoms with Crippen LogP contribution >= 0.6 is 11.8 Å². The van der Waals surface area contributed by atoms with Crippen molar-refractivity contribution in [3.05, 3.63) is 0 Å².